The first-order valence-electron chi connectivity index (χ1n) is 8.25. The first-order valence-corrected chi connectivity index (χ1v) is 8.25. The number of aliphatic hydroxyl groups is 2. The Balaban J connectivity index is 2.01. The van der Waals surface area contributed by atoms with E-state index >= 15 is 0 Å². The van der Waals surface area contributed by atoms with Crippen LogP contribution in [-0.4, -0.2) is 45.9 Å². The second kappa shape index (κ2) is 7.25. The van der Waals surface area contributed by atoms with Gasteiger partial charge < -0.3 is 14.9 Å². The van der Waals surface area contributed by atoms with Gasteiger partial charge in [-0.2, -0.15) is 23.3 Å². The summed E-state index contributed by atoms with van der Waals surface area (Å²) >= 11 is 0. The van der Waals surface area contributed by atoms with Gasteiger partial charge in [-0.05, 0) is 17.7 Å². The van der Waals surface area contributed by atoms with Crippen molar-refractivity contribution in [1.82, 2.24) is 5.01 Å². The highest BCUT2D eigenvalue weighted by Crippen LogP contribution is 2.42. The van der Waals surface area contributed by atoms with Gasteiger partial charge in [0.15, 0.2) is 6.10 Å². The minimum Gasteiger partial charge on any atom is -0.497 e. The lowest BCUT2D eigenvalue weighted by Crippen LogP contribution is -2.57. The fourth-order valence-electron chi connectivity index (χ4n) is 2.86. The summed E-state index contributed by atoms with van der Waals surface area (Å²) < 4.78 is 45.9. The van der Waals surface area contributed by atoms with Crippen molar-refractivity contribution >= 4 is 11.6 Å². The molecule has 148 valence electrons. The molecule has 0 spiro atoms. The van der Waals surface area contributed by atoms with Crippen LogP contribution in [0.1, 0.15) is 23.7 Å². The van der Waals surface area contributed by atoms with Crippen molar-refractivity contribution < 1.29 is 32.9 Å². The number of alkyl halides is 3. The molecule has 9 heteroatoms. The Hall–Kier alpha value is -2.91. The molecule has 0 saturated heterocycles. The van der Waals surface area contributed by atoms with Crippen molar-refractivity contribution in [1.29, 1.82) is 0 Å². The maximum Gasteiger partial charge on any atom is 0.438 e. The first kappa shape index (κ1) is 19.8. The Bertz CT molecular complexity index is 902. The molecule has 2 aromatic carbocycles. The van der Waals surface area contributed by atoms with Crippen LogP contribution in [0.15, 0.2) is 59.7 Å². The highest BCUT2D eigenvalue weighted by molar-refractivity contribution is 6.04. The molecule has 0 bridgehead atoms. The zero-order chi connectivity index (χ0) is 20.5. The number of methoxy groups -OCH3 is 1. The monoisotopic (exact) mass is 394 g/mol. The number of carbonyl (C=O) groups excluding carboxylic acids is 1. The molecule has 0 unspecified atom stereocenters. The number of rotatable bonds is 4. The lowest BCUT2D eigenvalue weighted by Gasteiger charge is -2.33. The number of carbonyl (C=O) groups is 1. The minimum absolute atomic E-state index is 0.0839. The van der Waals surface area contributed by atoms with Gasteiger partial charge in [-0.1, -0.05) is 42.5 Å². The lowest BCUT2D eigenvalue weighted by molar-refractivity contribution is -0.303. The zero-order valence-electron chi connectivity index (χ0n) is 14.7. The number of nitrogens with zero attached hydrogens (tertiary/aromatic N) is 2. The molecular weight excluding hydrogens is 377 g/mol. The molecule has 2 N–H and O–H groups in total. The maximum atomic E-state index is 13.6. The summed E-state index contributed by atoms with van der Waals surface area (Å²) in [5.41, 5.74) is -3.39. The van der Waals surface area contributed by atoms with Gasteiger partial charge >= 0.3 is 6.18 Å². The molecule has 1 amide bonds. The molecule has 1 aliphatic heterocycles. The molecule has 0 radical (unpaired) electrons. The number of hydrogen-bond acceptors (Lipinski definition) is 5. The average molecular weight is 394 g/mol. The van der Waals surface area contributed by atoms with E-state index in [2.05, 4.69) is 5.10 Å². The third-order valence-electron chi connectivity index (χ3n) is 4.40. The lowest BCUT2D eigenvalue weighted by atomic mass is 10.00. The number of hydrogen-bond donors (Lipinski definition) is 2. The van der Waals surface area contributed by atoms with Crippen LogP contribution in [-0.2, 0) is 4.79 Å². The van der Waals surface area contributed by atoms with Crippen molar-refractivity contribution in [2.24, 2.45) is 5.10 Å². The minimum atomic E-state index is -5.19. The van der Waals surface area contributed by atoms with Gasteiger partial charge in [-0.25, -0.2) is 0 Å². The second-order valence-electron chi connectivity index (χ2n) is 6.23. The van der Waals surface area contributed by atoms with Gasteiger partial charge in [0.2, 0.25) is 0 Å². The number of ether oxygens (including phenoxy) is 1. The van der Waals surface area contributed by atoms with E-state index in [1.54, 1.807) is 18.2 Å². The summed E-state index contributed by atoms with van der Waals surface area (Å²) in [5.74, 6) is -1.01. The Labute approximate surface area is 158 Å². The number of halogens is 3. The van der Waals surface area contributed by atoms with Crippen LogP contribution in [0.2, 0.25) is 0 Å². The number of hydrazone groups is 1. The molecular formula is C19H17F3N2O4. The molecule has 28 heavy (non-hydrogen) atoms. The predicted molar refractivity (Wildman–Crippen MR) is 93.4 cm³/mol. The second-order valence-corrected chi connectivity index (χ2v) is 6.23. The van der Waals surface area contributed by atoms with Gasteiger partial charge in [-0.3, -0.25) is 4.79 Å². The van der Waals surface area contributed by atoms with Crippen LogP contribution in [0.3, 0.4) is 0 Å². The van der Waals surface area contributed by atoms with Gasteiger partial charge in [0, 0.05) is 5.56 Å². The van der Waals surface area contributed by atoms with Crippen LogP contribution < -0.4 is 4.74 Å². The van der Waals surface area contributed by atoms with Crippen LogP contribution in [0.4, 0.5) is 13.2 Å². The Morgan fingerprint density at radius 1 is 1.21 bits per heavy atom. The van der Waals surface area contributed by atoms with Crippen LogP contribution >= 0.6 is 0 Å². The molecule has 0 saturated carbocycles. The highest BCUT2D eigenvalue weighted by Gasteiger charge is 2.63. The van der Waals surface area contributed by atoms with Gasteiger partial charge in [0.1, 0.15) is 5.75 Å². The topological polar surface area (TPSA) is 82.4 Å². The molecule has 0 aromatic heterocycles. The number of aliphatic hydroxyl groups excluding tert-OH is 1. The van der Waals surface area contributed by atoms with Crippen LogP contribution in [0.5, 0.6) is 5.75 Å². The fraction of sp³-hybridized carbons (Fsp3) is 0.263. The SMILES string of the molecule is COc1cccc(C2=NN(C(=O)[C@@H](O)c3ccccc3)[C@@](O)(C(F)(F)F)C2)c1. The van der Waals surface area contributed by atoms with Gasteiger partial charge in [-0.15, -0.1) is 0 Å². The maximum absolute atomic E-state index is 13.6. The summed E-state index contributed by atoms with van der Waals surface area (Å²) in [6, 6.07) is 13.5. The zero-order valence-corrected chi connectivity index (χ0v) is 14.7. The van der Waals surface area contributed by atoms with Gasteiger partial charge in [0.05, 0.1) is 19.2 Å². The normalized spacial score (nSPS) is 20.6. The van der Waals surface area contributed by atoms with Crippen LogP contribution in [0, 0.1) is 0 Å². The average Bonchev–Trinajstić information content (AvgIpc) is 3.06. The van der Waals surface area contributed by atoms with Crippen molar-refractivity contribution in [3.8, 4) is 5.75 Å². The summed E-state index contributed by atoms with van der Waals surface area (Å²) in [6.07, 6.45) is -8.08. The number of amides is 1. The van der Waals surface area contributed by atoms with E-state index < -0.39 is 30.3 Å². The first-order chi connectivity index (χ1) is 13.2. The molecule has 3 rings (SSSR count). The Morgan fingerprint density at radius 3 is 2.50 bits per heavy atom. The standard InChI is InChI=1S/C19H17F3N2O4/c1-28-14-9-5-8-13(10-14)15-11-18(27,19(20,21)22)24(23-15)17(26)16(25)12-6-3-2-4-7-12/h2-10,16,25,27H,11H2,1H3/t16-,18-/m0/s1. The predicted octanol–water partition coefficient (Wildman–Crippen LogP) is 2.62. The number of benzene rings is 2. The van der Waals surface area contributed by atoms with Crippen molar-refractivity contribution in [2.45, 2.75) is 24.4 Å². The van der Waals surface area contributed by atoms with Crippen molar-refractivity contribution in [3.05, 3.63) is 65.7 Å². The third kappa shape index (κ3) is 3.46. The highest BCUT2D eigenvalue weighted by atomic mass is 19.4. The van der Waals surface area contributed by atoms with Crippen molar-refractivity contribution in [2.75, 3.05) is 7.11 Å². The Morgan fingerprint density at radius 2 is 1.89 bits per heavy atom. The van der Waals surface area contributed by atoms with E-state index in [1.165, 1.54) is 43.5 Å². The summed E-state index contributed by atoms with van der Waals surface area (Å²) in [7, 11) is 1.40. The van der Waals surface area contributed by atoms with E-state index in [0.29, 0.717) is 5.75 Å². The van der Waals surface area contributed by atoms with Crippen molar-refractivity contribution in [3.63, 3.8) is 0 Å². The molecule has 0 fully saturated rings. The molecule has 6 nitrogen and oxygen atoms in total. The molecule has 2 aromatic rings. The molecule has 1 aliphatic rings. The van der Waals surface area contributed by atoms with E-state index in [4.69, 9.17) is 4.74 Å². The smallest absolute Gasteiger partial charge is 0.438 e. The quantitative estimate of drug-likeness (QED) is 0.835. The van der Waals surface area contributed by atoms with E-state index in [-0.39, 0.29) is 21.8 Å². The molecule has 2 atom stereocenters. The molecule has 1 heterocycles. The summed E-state index contributed by atoms with van der Waals surface area (Å²) in [4.78, 5) is 12.6. The van der Waals surface area contributed by atoms with E-state index in [1.807, 2.05) is 0 Å². The van der Waals surface area contributed by atoms with E-state index in [0.717, 1.165) is 0 Å². The Kier molecular flexibility index (Phi) is 5.14. The fourth-order valence-corrected chi connectivity index (χ4v) is 2.86. The molecule has 0 aliphatic carbocycles. The van der Waals surface area contributed by atoms with Crippen LogP contribution in [0.25, 0.3) is 0 Å². The van der Waals surface area contributed by atoms with Gasteiger partial charge in [0.25, 0.3) is 11.6 Å². The largest absolute Gasteiger partial charge is 0.497 e. The summed E-state index contributed by atoms with van der Waals surface area (Å²) in [5, 5.41) is 24.2. The third-order valence-corrected chi connectivity index (χ3v) is 4.40. The van der Waals surface area contributed by atoms with E-state index in [9.17, 15) is 28.2 Å². The summed E-state index contributed by atoms with van der Waals surface area (Å²) in [6.45, 7) is 0.